The van der Waals surface area contributed by atoms with E-state index < -0.39 is 0 Å². The number of hydrogen-bond donors (Lipinski definition) is 0. The summed E-state index contributed by atoms with van der Waals surface area (Å²) in [6.45, 7) is 16.1. The predicted octanol–water partition coefficient (Wildman–Crippen LogP) is 7.31. The zero-order valence-electron chi connectivity index (χ0n) is 17.4. The van der Waals surface area contributed by atoms with E-state index in [0.29, 0.717) is 5.92 Å². The first-order valence-corrected chi connectivity index (χ1v) is 10.0. The van der Waals surface area contributed by atoms with Crippen LogP contribution in [-0.4, -0.2) is 0 Å². The lowest BCUT2D eigenvalue weighted by Crippen LogP contribution is -2.33. The molecule has 0 saturated carbocycles. The van der Waals surface area contributed by atoms with Crippen LogP contribution in [0.3, 0.4) is 0 Å². The molecule has 2 aromatic rings. The van der Waals surface area contributed by atoms with Gasteiger partial charge in [0.1, 0.15) is 0 Å². The SMILES string of the molecule is CCCC(CC)C(C)(c1cc(C)cc(C)c1)c1cc(C)cc(CC)c1. The minimum Gasteiger partial charge on any atom is -0.0654 e. The first-order valence-electron chi connectivity index (χ1n) is 10.0. The van der Waals surface area contributed by atoms with Crippen LogP contribution in [0.1, 0.15) is 80.3 Å². The second-order valence-corrected chi connectivity index (χ2v) is 8.03. The molecule has 0 aliphatic heterocycles. The van der Waals surface area contributed by atoms with Gasteiger partial charge in [-0.25, -0.2) is 0 Å². The fourth-order valence-corrected chi connectivity index (χ4v) is 4.53. The van der Waals surface area contributed by atoms with Gasteiger partial charge in [-0.05, 0) is 56.2 Å². The van der Waals surface area contributed by atoms with Crippen LogP contribution in [0.15, 0.2) is 36.4 Å². The third kappa shape index (κ3) is 4.17. The molecule has 2 rings (SSSR count). The third-order valence-corrected chi connectivity index (χ3v) is 5.91. The standard InChI is InChI=1S/C25H36/c1-8-11-22(10-3)25(7,23-14-18(4)12-19(5)15-23)24-16-20(6)13-21(9-2)17-24/h12-17,22H,8-11H2,1-7H3. The Bertz CT molecular complexity index is 690. The van der Waals surface area contributed by atoms with Gasteiger partial charge in [-0.3, -0.25) is 0 Å². The smallest absolute Gasteiger partial charge is 0.0203 e. The van der Waals surface area contributed by atoms with E-state index in [9.17, 15) is 0 Å². The maximum absolute atomic E-state index is 2.49. The Morgan fingerprint density at radius 1 is 0.760 bits per heavy atom. The molecular formula is C25H36. The summed E-state index contributed by atoms with van der Waals surface area (Å²) >= 11 is 0. The molecule has 0 saturated heterocycles. The topological polar surface area (TPSA) is 0 Å². The molecule has 0 nitrogen and oxygen atoms in total. The molecule has 0 amide bonds. The maximum Gasteiger partial charge on any atom is 0.0203 e. The Kier molecular flexibility index (Phi) is 6.49. The van der Waals surface area contributed by atoms with E-state index in [-0.39, 0.29) is 5.41 Å². The van der Waals surface area contributed by atoms with E-state index in [1.54, 1.807) is 0 Å². The van der Waals surface area contributed by atoms with Crippen LogP contribution in [0.2, 0.25) is 0 Å². The van der Waals surface area contributed by atoms with E-state index in [2.05, 4.69) is 84.9 Å². The van der Waals surface area contributed by atoms with Gasteiger partial charge in [-0.1, -0.05) is 93.6 Å². The van der Waals surface area contributed by atoms with Crippen LogP contribution in [0, 0.1) is 26.7 Å². The van der Waals surface area contributed by atoms with E-state index in [4.69, 9.17) is 0 Å². The molecule has 0 N–H and O–H groups in total. The highest BCUT2D eigenvalue weighted by Crippen LogP contribution is 2.44. The summed E-state index contributed by atoms with van der Waals surface area (Å²) in [5.74, 6) is 0.658. The van der Waals surface area contributed by atoms with Crippen molar-refractivity contribution in [3.8, 4) is 0 Å². The highest BCUT2D eigenvalue weighted by molar-refractivity contribution is 5.45. The fraction of sp³-hybridized carbons (Fsp3) is 0.520. The zero-order chi connectivity index (χ0) is 18.6. The molecule has 0 heterocycles. The second-order valence-electron chi connectivity index (χ2n) is 8.03. The van der Waals surface area contributed by atoms with Gasteiger partial charge in [0.25, 0.3) is 0 Å². The molecule has 0 bridgehead atoms. The highest BCUT2D eigenvalue weighted by Gasteiger charge is 2.36. The molecule has 0 radical (unpaired) electrons. The highest BCUT2D eigenvalue weighted by atomic mass is 14.4. The maximum atomic E-state index is 2.49. The average Bonchev–Trinajstić information content (AvgIpc) is 2.57. The monoisotopic (exact) mass is 336 g/mol. The normalized spacial score (nSPS) is 15.0. The second kappa shape index (κ2) is 8.21. The average molecular weight is 337 g/mol. The predicted molar refractivity (Wildman–Crippen MR) is 112 cm³/mol. The zero-order valence-corrected chi connectivity index (χ0v) is 17.4. The van der Waals surface area contributed by atoms with Crippen molar-refractivity contribution in [3.63, 3.8) is 0 Å². The minimum atomic E-state index is 0.0669. The van der Waals surface area contributed by atoms with Crippen LogP contribution in [0.25, 0.3) is 0 Å². The van der Waals surface area contributed by atoms with Crippen molar-refractivity contribution in [2.75, 3.05) is 0 Å². The molecule has 25 heavy (non-hydrogen) atoms. The first kappa shape index (κ1) is 19.8. The lowest BCUT2D eigenvalue weighted by Gasteiger charge is -2.40. The molecule has 2 unspecified atom stereocenters. The lowest BCUT2D eigenvalue weighted by molar-refractivity contribution is 0.310. The van der Waals surface area contributed by atoms with E-state index in [0.717, 1.165) is 6.42 Å². The molecule has 2 atom stereocenters. The Morgan fingerprint density at radius 3 is 1.76 bits per heavy atom. The number of rotatable bonds is 7. The third-order valence-electron chi connectivity index (χ3n) is 5.91. The Labute approximate surface area is 155 Å². The van der Waals surface area contributed by atoms with E-state index >= 15 is 0 Å². The van der Waals surface area contributed by atoms with E-state index in [1.165, 1.54) is 52.6 Å². The molecule has 0 aliphatic carbocycles. The summed E-state index contributed by atoms with van der Waals surface area (Å²) < 4.78 is 0. The summed E-state index contributed by atoms with van der Waals surface area (Å²) in [5, 5.41) is 0. The van der Waals surface area contributed by atoms with Crippen LogP contribution in [0.5, 0.6) is 0 Å². The summed E-state index contributed by atoms with van der Waals surface area (Å²) in [6.07, 6.45) is 4.83. The molecule has 136 valence electrons. The minimum absolute atomic E-state index is 0.0669. The van der Waals surface area contributed by atoms with Crippen molar-refractivity contribution < 1.29 is 0 Å². The summed E-state index contributed by atoms with van der Waals surface area (Å²) in [5.41, 5.74) is 8.63. The van der Waals surface area contributed by atoms with Crippen molar-refractivity contribution in [3.05, 3.63) is 69.8 Å². The summed E-state index contributed by atoms with van der Waals surface area (Å²) in [4.78, 5) is 0. The van der Waals surface area contributed by atoms with Crippen molar-refractivity contribution in [2.45, 2.75) is 79.6 Å². The molecule has 0 fully saturated rings. The molecule has 0 heteroatoms. The van der Waals surface area contributed by atoms with Crippen molar-refractivity contribution in [2.24, 2.45) is 5.92 Å². The number of hydrogen-bond acceptors (Lipinski definition) is 0. The summed E-state index contributed by atoms with van der Waals surface area (Å²) in [6, 6.07) is 14.3. The molecule has 0 aliphatic rings. The van der Waals surface area contributed by atoms with Gasteiger partial charge in [0, 0.05) is 5.41 Å². The molecular weight excluding hydrogens is 300 g/mol. The van der Waals surface area contributed by atoms with Crippen LogP contribution in [0.4, 0.5) is 0 Å². The van der Waals surface area contributed by atoms with Gasteiger partial charge < -0.3 is 0 Å². The van der Waals surface area contributed by atoms with Gasteiger partial charge in [-0.15, -0.1) is 0 Å². The van der Waals surface area contributed by atoms with Crippen LogP contribution in [-0.2, 0) is 11.8 Å². The van der Waals surface area contributed by atoms with Crippen LogP contribution >= 0.6 is 0 Å². The Balaban J connectivity index is 2.73. The molecule has 0 spiro atoms. The van der Waals surface area contributed by atoms with E-state index in [1.807, 2.05) is 0 Å². The van der Waals surface area contributed by atoms with Gasteiger partial charge in [0.15, 0.2) is 0 Å². The lowest BCUT2D eigenvalue weighted by atomic mass is 9.64. The van der Waals surface area contributed by atoms with Crippen molar-refractivity contribution in [1.82, 2.24) is 0 Å². The molecule has 0 aromatic heterocycles. The summed E-state index contributed by atoms with van der Waals surface area (Å²) in [7, 11) is 0. The van der Waals surface area contributed by atoms with Gasteiger partial charge in [0.2, 0.25) is 0 Å². The Hall–Kier alpha value is -1.56. The van der Waals surface area contributed by atoms with Crippen LogP contribution < -0.4 is 0 Å². The number of benzene rings is 2. The van der Waals surface area contributed by atoms with Gasteiger partial charge in [-0.2, -0.15) is 0 Å². The Morgan fingerprint density at radius 2 is 1.28 bits per heavy atom. The van der Waals surface area contributed by atoms with Gasteiger partial charge >= 0.3 is 0 Å². The largest absolute Gasteiger partial charge is 0.0654 e. The fourth-order valence-electron chi connectivity index (χ4n) is 4.53. The van der Waals surface area contributed by atoms with Crippen molar-refractivity contribution in [1.29, 1.82) is 0 Å². The first-order chi connectivity index (χ1) is 11.8. The van der Waals surface area contributed by atoms with Gasteiger partial charge in [0.05, 0.1) is 0 Å². The molecule has 2 aromatic carbocycles. The number of aryl methyl sites for hydroxylation is 4. The van der Waals surface area contributed by atoms with Crippen molar-refractivity contribution >= 4 is 0 Å². The quantitative estimate of drug-likeness (QED) is 0.497.